The van der Waals surface area contributed by atoms with E-state index in [1.807, 2.05) is 0 Å². The molecule has 0 atom stereocenters. The van der Waals surface area contributed by atoms with Gasteiger partial charge >= 0.3 is 0 Å². The Bertz CT molecular complexity index is 58.0. The van der Waals surface area contributed by atoms with E-state index >= 15 is 0 Å². The molecule has 0 aromatic heterocycles. The van der Waals surface area contributed by atoms with Crippen LogP contribution >= 0.6 is 0 Å². The Hall–Kier alpha value is 44.4. The number of rotatable bonds is 0. The molecule has 0 amide bonds. The molecule has 0 nitrogen and oxygen atoms in total. The van der Waals surface area contributed by atoms with Crippen molar-refractivity contribution in [3.63, 3.8) is 0 Å². The van der Waals surface area contributed by atoms with Gasteiger partial charge in [0.1, 0.15) is 0 Å². The van der Waals surface area contributed by atoms with Crippen molar-refractivity contribution in [2.75, 3.05) is 0 Å². The first-order valence-corrected chi connectivity index (χ1v) is 0. The molecular formula is Bi18Ca21Mn4. The van der Waals surface area contributed by atoms with Crippen molar-refractivity contribution in [3.8, 4) is 0 Å². The average Bonchev–Trinajstić information content (AvgIpc) is 0. The molecule has 0 aliphatic heterocycles. The zero-order valence-electron chi connectivity index (χ0n) is 24.4. The van der Waals surface area contributed by atoms with Crippen molar-refractivity contribution in [2.45, 2.75) is 0 Å². The Kier molecular flexibility index (Phi) is 2460. The molecule has 0 bridgehead atoms. The minimum Gasteiger partial charge on any atom is 0 e. The van der Waals surface area contributed by atoms with E-state index in [0.717, 1.165) is 0 Å². The van der Waals surface area contributed by atoms with Crippen molar-refractivity contribution in [1.29, 1.82) is 0 Å². The quantitative estimate of drug-likeness (QED) is 0.212. The van der Waals surface area contributed by atoms with Gasteiger partial charge in [0.05, 0.1) is 0 Å². The molecule has 43 heteroatoms. The summed E-state index contributed by atoms with van der Waals surface area (Å²) in [7, 11) is 0. The molecule has 0 spiro atoms. The summed E-state index contributed by atoms with van der Waals surface area (Å²) >= 11 is 0. The normalized spacial score (nSPS) is 0. The maximum Gasteiger partial charge on any atom is 0 e. The zero-order valence-corrected chi connectivity index (χ0v) is 138. The van der Waals surface area contributed by atoms with Crippen LogP contribution in [0.1, 0.15) is 0 Å². The smallest absolute Gasteiger partial charge is 0 e. The van der Waals surface area contributed by atoms with Crippen LogP contribution in [0.4, 0.5) is 0 Å². The van der Waals surface area contributed by atoms with Crippen molar-refractivity contribution in [3.05, 3.63) is 0 Å². The molecule has 0 aromatic carbocycles. The van der Waals surface area contributed by atoms with E-state index < -0.39 is 0 Å². The molecule has 0 heterocycles. The summed E-state index contributed by atoms with van der Waals surface area (Å²) in [6, 6.07) is 0. The van der Waals surface area contributed by atoms with Crippen LogP contribution in [0.25, 0.3) is 0 Å². The van der Waals surface area contributed by atoms with Gasteiger partial charge in [-0.2, -0.15) is 0 Å². The Morgan fingerprint density at radius 2 is 0.0698 bits per heavy atom. The van der Waals surface area contributed by atoms with Gasteiger partial charge in [0.15, 0.2) is 0 Å². The third-order valence-electron chi connectivity index (χ3n) is 0. The molecule has 0 rings (SSSR count). The van der Waals surface area contributed by atoms with Crippen LogP contribution in [0.2, 0.25) is 0 Å². The molecule has 0 saturated heterocycles. The van der Waals surface area contributed by atoms with Crippen molar-refractivity contribution in [2.24, 2.45) is 0 Å². The van der Waals surface area contributed by atoms with E-state index in [0.29, 0.717) is 0 Å². The monoisotopic (exact) mass is 4820 g/mol. The maximum absolute atomic E-state index is 0. The first kappa shape index (κ1) is 331. The summed E-state index contributed by atoms with van der Waals surface area (Å²) in [4.78, 5) is 0. The fourth-order valence-electron chi connectivity index (χ4n) is 0. The van der Waals surface area contributed by atoms with Crippen molar-refractivity contribution in [1.82, 2.24) is 0 Å². The molecule has 0 aliphatic rings. The average molecular weight is 4820 g/mol. The number of hydrogen-bond acceptors (Lipinski definition) is 0. The van der Waals surface area contributed by atoms with Gasteiger partial charge in [-0.3, -0.25) is 0 Å². The van der Waals surface area contributed by atoms with Gasteiger partial charge in [-0.25, -0.2) is 0 Å². The predicted molar refractivity (Wildman–Crippen MR) is 224 cm³/mol. The minimum atomic E-state index is 0. The van der Waals surface area contributed by atoms with E-state index in [4.69, 9.17) is 0 Å². The Labute approximate surface area is 1280 Å². The molecule has 0 saturated carbocycles. The van der Waals surface area contributed by atoms with E-state index in [2.05, 4.69) is 0 Å². The third-order valence-corrected chi connectivity index (χ3v) is 0. The molecule has 100 radical (unpaired) electrons. The van der Waals surface area contributed by atoms with Gasteiger partial charge in [0, 0.05) is 1330 Å². The fraction of sp³-hybridized carbons (Fsp3) is 0. The maximum atomic E-state index is 0. The molecule has 0 fully saturated rings. The molecule has 43 heavy (non-hydrogen) atoms. The molecule has 160 valence electrons. The van der Waals surface area contributed by atoms with Crippen LogP contribution < -0.4 is 0 Å². The number of hydrogen-bond donors (Lipinski definition) is 0. The second-order valence-corrected chi connectivity index (χ2v) is 0. The summed E-state index contributed by atoms with van der Waals surface area (Å²) in [6.45, 7) is 0. The first-order valence-electron chi connectivity index (χ1n) is 0. The largest absolute Gasteiger partial charge is 0 e. The van der Waals surface area contributed by atoms with E-state index in [9.17, 15) is 0 Å². The first-order chi connectivity index (χ1) is 0. The summed E-state index contributed by atoms with van der Waals surface area (Å²) in [5.41, 5.74) is 0. The molecule has 0 aromatic rings. The Morgan fingerprint density at radius 1 is 0.0698 bits per heavy atom. The minimum absolute atomic E-state index is 0. The fourth-order valence-corrected chi connectivity index (χ4v) is 0. The molecule has 0 unspecified atom stereocenters. The van der Waals surface area contributed by atoms with Crippen molar-refractivity contribution >= 4 is 1260 Å². The Morgan fingerprint density at radius 3 is 0.0698 bits per heavy atom. The topological polar surface area (TPSA) is 0 Å². The predicted octanol–water partition coefficient (Wildman–Crippen LogP) is -14.9. The SMILES string of the molecule is [Bi].[Bi].[Bi].[Bi].[Bi].[Bi].[Bi].[Bi].[Bi].[Bi].[Bi].[Bi].[Bi].[Bi].[Bi].[Bi].[Bi].[Bi].[Ca].[Ca].[Ca].[Ca].[Ca].[Ca].[Ca].[Ca].[Ca].[Ca].[Ca].[Ca].[Ca].[Ca].[Ca].[Ca].[Ca].[Ca].[Ca].[Ca].[Ca].[Mn].[Mn].[Mn].[Mn]. The van der Waals surface area contributed by atoms with Gasteiger partial charge in [-0.05, 0) is 0 Å². The van der Waals surface area contributed by atoms with E-state index in [1.54, 1.807) is 0 Å². The van der Waals surface area contributed by atoms with Gasteiger partial charge in [0.2, 0.25) is 0 Å². The second kappa shape index (κ2) is 320. The third kappa shape index (κ3) is 312. The summed E-state index contributed by atoms with van der Waals surface area (Å²) < 4.78 is 0. The van der Waals surface area contributed by atoms with Crippen LogP contribution in [-0.4, -0.2) is 1260 Å². The second-order valence-electron chi connectivity index (χ2n) is 0. The van der Waals surface area contributed by atoms with Gasteiger partial charge in [-0.1, -0.05) is 0 Å². The standard InChI is InChI=1S/18Bi.21Ca.4Mn. The molecular weight excluding hydrogens is 4820 g/mol. The Balaban J connectivity index is 0. The van der Waals surface area contributed by atoms with Crippen molar-refractivity contribution < 1.29 is 68.3 Å². The van der Waals surface area contributed by atoms with Crippen LogP contribution in [0, 0.1) is 0 Å². The van der Waals surface area contributed by atoms with Crippen LogP contribution in [-0.2, 0) is 68.3 Å². The van der Waals surface area contributed by atoms with Gasteiger partial charge in [0.25, 0.3) is 0 Å². The summed E-state index contributed by atoms with van der Waals surface area (Å²) in [6.07, 6.45) is 0. The summed E-state index contributed by atoms with van der Waals surface area (Å²) in [5.74, 6) is 0. The summed E-state index contributed by atoms with van der Waals surface area (Å²) in [5, 5.41) is 0. The van der Waals surface area contributed by atoms with Gasteiger partial charge in [-0.15, -0.1) is 0 Å². The molecule has 0 aliphatic carbocycles. The van der Waals surface area contributed by atoms with Crippen LogP contribution in [0.15, 0.2) is 0 Å². The van der Waals surface area contributed by atoms with Crippen LogP contribution in [0.3, 0.4) is 0 Å². The molecule has 0 N–H and O–H groups in total. The van der Waals surface area contributed by atoms with E-state index in [-0.39, 0.29) is 1330 Å². The van der Waals surface area contributed by atoms with Gasteiger partial charge < -0.3 is 0 Å². The zero-order chi connectivity index (χ0) is 0. The van der Waals surface area contributed by atoms with Crippen LogP contribution in [0.5, 0.6) is 0 Å². The van der Waals surface area contributed by atoms with E-state index in [1.165, 1.54) is 0 Å².